The van der Waals surface area contributed by atoms with Crippen LogP contribution in [0.25, 0.3) is 10.7 Å². The number of aromatic nitrogens is 2. The van der Waals surface area contributed by atoms with Crippen molar-refractivity contribution in [2.45, 2.75) is 45.6 Å². The number of hydrogen-bond donors (Lipinski definition) is 2. The molecule has 0 bridgehead atoms. The minimum atomic E-state index is -0.192. The monoisotopic (exact) mass is 412 g/mol. The molecule has 3 rings (SSSR count). The van der Waals surface area contributed by atoms with Crippen LogP contribution in [0.1, 0.15) is 49.4 Å². The number of anilines is 1. The number of benzene rings is 1. The Bertz CT molecular complexity index is 953. The zero-order valence-corrected chi connectivity index (χ0v) is 17.3. The first-order valence-electron chi connectivity index (χ1n) is 9.63. The summed E-state index contributed by atoms with van der Waals surface area (Å²) in [4.78, 5) is 30.1. The highest BCUT2D eigenvalue weighted by atomic mass is 32.1. The average molecular weight is 413 g/mol. The van der Waals surface area contributed by atoms with Crippen LogP contribution in [0.5, 0.6) is 0 Å². The highest BCUT2D eigenvalue weighted by Crippen LogP contribution is 2.22. The van der Waals surface area contributed by atoms with E-state index in [1.165, 1.54) is 0 Å². The number of aryl methyl sites for hydroxylation is 1. The summed E-state index contributed by atoms with van der Waals surface area (Å²) in [5.41, 5.74) is 0.967. The largest absolute Gasteiger partial charge is 0.350 e. The van der Waals surface area contributed by atoms with Crippen molar-refractivity contribution in [3.63, 3.8) is 0 Å². The summed E-state index contributed by atoms with van der Waals surface area (Å²) in [6.45, 7) is 3.95. The van der Waals surface area contributed by atoms with E-state index in [1.54, 1.807) is 35.6 Å². The molecule has 0 fully saturated rings. The Kier molecular flexibility index (Phi) is 7.13. The lowest BCUT2D eigenvalue weighted by molar-refractivity contribution is -0.116. The van der Waals surface area contributed by atoms with Crippen LogP contribution in [0.2, 0.25) is 0 Å². The first-order valence-corrected chi connectivity index (χ1v) is 10.5. The Morgan fingerprint density at radius 1 is 1.21 bits per heavy atom. The summed E-state index contributed by atoms with van der Waals surface area (Å²) < 4.78 is 5.25. The minimum absolute atomic E-state index is 0.0692. The topological polar surface area (TPSA) is 97.1 Å². The van der Waals surface area contributed by atoms with E-state index in [4.69, 9.17) is 4.52 Å². The predicted molar refractivity (Wildman–Crippen MR) is 113 cm³/mol. The molecule has 0 spiro atoms. The van der Waals surface area contributed by atoms with Crippen molar-refractivity contribution in [2.24, 2.45) is 0 Å². The van der Waals surface area contributed by atoms with Gasteiger partial charge in [0, 0.05) is 18.9 Å². The van der Waals surface area contributed by atoms with Crippen molar-refractivity contribution < 1.29 is 14.1 Å². The molecule has 29 heavy (non-hydrogen) atoms. The van der Waals surface area contributed by atoms with Gasteiger partial charge < -0.3 is 15.2 Å². The van der Waals surface area contributed by atoms with E-state index in [2.05, 4.69) is 20.8 Å². The normalized spacial score (nSPS) is 11.8. The van der Waals surface area contributed by atoms with Crippen LogP contribution in [0.3, 0.4) is 0 Å². The fourth-order valence-electron chi connectivity index (χ4n) is 2.67. The molecule has 0 radical (unpaired) electrons. The standard InChI is InChI=1S/C21H24N4O3S/c1-3-14(2)22-21(27)15-8-4-5-9-16(15)23-18(26)11-6-12-19-24-20(25-28-19)17-10-7-13-29-17/h4-5,7-10,13-14H,3,6,11-12H2,1-2H3,(H,22,27)(H,23,26). The lowest BCUT2D eigenvalue weighted by Crippen LogP contribution is -2.32. The number of rotatable bonds is 9. The van der Waals surface area contributed by atoms with Crippen LogP contribution in [0, 0.1) is 0 Å². The molecule has 0 aliphatic rings. The number of nitrogens with zero attached hydrogens (tertiary/aromatic N) is 2. The van der Waals surface area contributed by atoms with Gasteiger partial charge in [-0.25, -0.2) is 0 Å². The summed E-state index contributed by atoms with van der Waals surface area (Å²) in [7, 11) is 0. The molecular formula is C21H24N4O3S. The molecule has 152 valence electrons. The maximum atomic E-state index is 12.4. The van der Waals surface area contributed by atoms with Crippen molar-refractivity contribution in [1.82, 2.24) is 15.5 Å². The van der Waals surface area contributed by atoms with Gasteiger partial charge in [-0.3, -0.25) is 9.59 Å². The van der Waals surface area contributed by atoms with Crippen LogP contribution in [0.4, 0.5) is 5.69 Å². The Morgan fingerprint density at radius 2 is 2.03 bits per heavy atom. The number of carbonyl (C=O) groups is 2. The Balaban J connectivity index is 1.52. The van der Waals surface area contributed by atoms with E-state index < -0.39 is 0 Å². The van der Waals surface area contributed by atoms with Gasteiger partial charge in [-0.05, 0) is 43.3 Å². The number of thiophene rings is 1. The molecule has 2 amide bonds. The smallest absolute Gasteiger partial charge is 0.253 e. The molecule has 2 aromatic heterocycles. The summed E-state index contributed by atoms with van der Waals surface area (Å²) >= 11 is 1.55. The van der Waals surface area contributed by atoms with Crippen molar-refractivity contribution in [3.8, 4) is 10.7 Å². The van der Waals surface area contributed by atoms with Gasteiger partial charge in [-0.15, -0.1) is 11.3 Å². The van der Waals surface area contributed by atoms with Gasteiger partial charge in [0.2, 0.25) is 17.6 Å². The Hall–Kier alpha value is -3.00. The van der Waals surface area contributed by atoms with Crippen LogP contribution >= 0.6 is 11.3 Å². The van der Waals surface area contributed by atoms with Crippen LogP contribution in [0.15, 0.2) is 46.3 Å². The van der Waals surface area contributed by atoms with E-state index in [9.17, 15) is 9.59 Å². The molecule has 8 heteroatoms. The molecule has 1 atom stereocenters. The van der Waals surface area contributed by atoms with Crippen LogP contribution in [-0.4, -0.2) is 28.0 Å². The third-order valence-electron chi connectivity index (χ3n) is 4.44. The Morgan fingerprint density at radius 3 is 2.79 bits per heavy atom. The van der Waals surface area contributed by atoms with Gasteiger partial charge >= 0.3 is 0 Å². The fourth-order valence-corrected chi connectivity index (χ4v) is 3.32. The number of para-hydroxylation sites is 1. The number of carbonyl (C=O) groups excluding carboxylic acids is 2. The lowest BCUT2D eigenvalue weighted by Gasteiger charge is -2.14. The molecule has 7 nitrogen and oxygen atoms in total. The van der Waals surface area contributed by atoms with Gasteiger partial charge in [-0.1, -0.05) is 30.3 Å². The van der Waals surface area contributed by atoms with E-state index in [0.29, 0.717) is 35.8 Å². The number of nitrogens with one attached hydrogen (secondary N) is 2. The Labute approximate surface area is 173 Å². The summed E-state index contributed by atoms with van der Waals surface area (Å²) in [6.07, 6.45) is 2.21. The van der Waals surface area contributed by atoms with E-state index >= 15 is 0 Å². The van der Waals surface area contributed by atoms with Gasteiger partial charge in [-0.2, -0.15) is 4.98 Å². The lowest BCUT2D eigenvalue weighted by atomic mass is 10.1. The molecule has 0 aliphatic heterocycles. The zero-order valence-electron chi connectivity index (χ0n) is 16.5. The van der Waals surface area contributed by atoms with Crippen molar-refractivity contribution in [2.75, 3.05) is 5.32 Å². The zero-order chi connectivity index (χ0) is 20.6. The van der Waals surface area contributed by atoms with Gasteiger partial charge in [0.05, 0.1) is 16.1 Å². The first kappa shape index (κ1) is 20.7. The molecule has 2 heterocycles. The van der Waals surface area contributed by atoms with Crippen LogP contribution < -0.4 is 10.6 Å². The van der Waals surface area contributed by atoms with Gasteiger partial charge in [0.25, 0.3) is 5.91 Å². The van der Waals surface area contributed by atoms with E-state index in [0.717, 1.165) is 11.3 Å². The fraction of sp³-hybridized carbons (Fsp3) is 0.333. The van der Waals surface area contributed by atoms with Crippen molar-refractivity contribution >= 4 is 28.8 Å². The highest BCUT2D eigenvalue weighted by Gasteiger charge is 2.15. The molecule has 1 unspecified atom stereocenters. The summed E-state index contributed by atoms with van der Waals surface area (Å²) in [5, 5.41) is 11.7. The summed E-state index contributed by atoms with van der Waals surface area (Å²) in [5.74, 6) is 0.726. The van der Waals surface area contributed by atoms with Gasteiger partial charge in [0.1, 0.15) is 0 Å². The quantitative estimate of drug-likeness (QED) is 0.546. The molecule has 0 saturated heterocycles. The second-order valence-corrected chi connectivity index (χ2v) is 7.67. The summed E-state index contributed by atoms with van der Waals surface area (Å²) in [6, 6.07) is 10.9. The molecule has 3 aromatic rings. The molecule has 1 aromatic carbocycles. The average Bonchev–Trinajstić information content (AvgIpc) is 3.40. The molecule has 0 aliphatic carbocycles. The molecule has 2 N–H and O–H groups in total. The number of hydrogen-bond acceptors (Lipinski definition) is 6. The van der Waals surface area contributed by atoms with E-state index in [-0.39, 0.29) is 24.3 Å². The number of amides is 2. The first-order chi connectivity index (χ1) is 14.1. The highest BCUT2D eigenvalue weighted by molar-refractivity contribution is 7.13. The molecule has 0 saturated carbocycles. The minimum Gasteiger partial charge on any atom is -0.350 e. The SMILES string of the molecule is CCC(C)NC(=O)c1ccccc1NC(=O)CCCc1nc(-c2cccs2)no1. The van der Waals surface area contributed by atoms with Crippen molar-refractivity contribution in [1.29, 1.82) is 0 Å². The third kappa shape index (κ3) is 5.74. The second kappa shape index (κ2) is 9.97. The molecular weight excluding hydrogens is 388 g/mol. The van der Waals surface area contributed by atoms with Gasteiger partial charge in [0.15, 0.2) is 0 Å². The van der Waals surface area contributed by atoms with Crippen LogP contribution in [-0.2, 0) is 11.2 Å². The third-order valence-corrected chi connectivity index (χ3v) is 5.31. The predicted octanol–water partition coefficient (Wildman–Crippen LogP) is 4.29. The maximum Gasteiger partial charge on any atom is 0.253 e. The van der Waals surface area contributed by atoms with Crippen molar-refractivity contribution in [3.05, 3.63) is 53.2 Å². The second-order valence-electron chi connectivity index (χ2n) is 6.72. The maximum absolute atomic E-state index is 12.4. The van der Waals surface area contributed by atoms with E-state index in [1.807, 2.05) is 31.4 Å².